The lowest BCUT2D eigenvalue weighted by Crippen LogP contribution is -2.77. The number of nitrogens with zero attached hydrogens (tertiary/aromatic N) is 2. The van der Waals surface area contributed by atoms with E-state index in [9.17, 15) is 14.4 Å². The van der Waals surface area contributed by atoms with Gasteiger partial charge in [0.1, 0.15) is 17.8 Å². The summed E-state index contributed by atoms with van der Waals surface area (Å²) in [6.45, 7) is -0.602. The molecule has 0 aromatic heterocycles. The Morgan fingerprint density at radius 1 is 1.37 bits per heavy atom. The number of carbonyl (C=O) groups is 3. The van der Waals surface area contributed by atoms with Gasteiger partial charge in [-0.2, -0.15) is 0 Å². The van der Waals surface area contributed by atoms with Gasteiger partial charge in [-0.1, -0.05) is 0 Å². The average molecular weight is 270 g/mol. The first-order chi connectivity index (χ1) is 8.97. The molecule has 3 aliphatic heterocycles. The second-order valence-corrected chi connectivity index (χ2v) is 4.43. The number of ether oxygens (including phenoxy) is 1. The van der Waals surface area contributed by atoms with Gasteiger partial charge in [-0.25, -0.2) is 9.59 Å². The normalized spacial score (nSPS) is 35.6. The number of hydrogen-bond acceptors (Lipinski definition) is 5. The molecular weight excluding hydrogens is 260 g/mol. The van der Waals surface area contributed by atoms with Crippen LogP contribution in [0.1, 0.15) is 0 Å². The molecule has 2 saturated heterocycles. The molecule has 0 aliphatic carbocycles. The van der Waals surface area contributed by atoms with Gasteiger partial charge in [0, 0.05) is 0 Å². The van der Waals surface area contributed by atoms with Crippen molar-refractivity contribution < 1.29 is 34.4 Å². The first-order valence-corrected chi connectivity index (χ1v) is 5.53. The number of carboxylic acids is 1. The van der Waals surface area contributed by atoms with Crippen molar-refractivity contribution in [3.8, 4) is 0 Å². The minimum absolute atomic E-state index is 0.208. The number of aliphatic hydroxyl groups is 1. The number of amides is 2. The first kappa shape index (κ1) is 11.9. The highest BCUT2D eigenvalue weighted by Gasteiger charge is 2.65. The molecule has 3 heterocycles. The van der Waals surface area contributed by atoms with Gasteiger partial charge in [0.2, 0.25) is 0 Å². The van der Waals surface area contributed by atoms with E-state index in [-0.39, 0.29) is 5.70 Å². The highest BCUT2D eigenvalue weighted by molar-refractivity contribution is 6.02. The Balaban J connectivity index is 1.97. The van der Waals surface area contributed by atoms with Crippen LogP contribution in [0.3, 0.4) is 0 Å². The monoisotopic (exact) mass is 270 g/mol. The Labute approximate surface area is 106 Å². The van der Waals surface area contributed by atoms with E-state index in [1.165, 1.54) is 6.08 Å². The number of aliphatic hydroxyl groups excluding tert-OH is 1. The molecule has 0 radical (unpaired) electrons. The molecule has 2 fully saturated rings. The summed E-state index contributed by atoms with van der Waals surface area (Å²) in [5.74, 6) is -1.88. The molecule has 1 unspecified atom stereocenters. The summed E-state index contributed by atoms with van der Waals surface area (Å²) in [6, 6.07) is -1.65. The van der Waals surface area contributed by atoms with Gasteiger partial charge < -0.3 is 20.1 Å². The van der Waals surface area contributed by atoms with Crippen LogP contribution in [0.15, 0.2) is 11.8 Å². The molecule has 3 rings (SSSR count). The number of carbonyl (C=O) groups excluding carboxylic acids is 1. The molecule has 0 aromatic rings. The van der Waals surface area contributed by atoms with Crippen molar-refractivity contribution in [1.82, 2.24) is 9.80 Å². The van der Waals surface area contributed by atoms with E-state index in [0.717, 1.165) is 9.80 Å². The molecule has 19 heavy (non-hydrogen) atoms. The van der Waals surface area contributed by atoms with Crippen LogP contribution in [0.2, 0.25) is 0 Å². The second-order valence-electron chi connectivity index (χ2n) is 4.43. The molecule has 2 amide bonds. The van der Waals surface area contributed by atoms with E-state index in [1.54, 1.807) is 0 Å². The van der Waals surface area contributed by atoms with E-state index in [4.69, 9.17) is 20.1 Å². The fourth-order valence-corrected chi connectivity index (χ4v) is 2.81. The highest BCUT2D eigenvalue weighted by Crippen LogP contribution is 2.43. The molecule has 3 N–H and O–H groups in total. The van der Waals surface area contributed by atoms with Crippen LogP contribution in [0, 0.1) is 0 Å². The quantitative estimate of drug-likeness (QED) is 0.507. The zero-order valence-electron chi connectivity index (χ0n) is 9.46. The Kier molecular flexibility index (Phi) is 2.31. The SMILES string of the molecule is O=C(O)C1=CC2O[C@H](CO)N(C(=O)O)[C@@H]3C(=O)N1[C@H]23. The molecule has 4 atom stereocenters. The highest BCUT2D eigenvalue weighted by atomic mass is 16.5. The van der Waals surface area contributed by atoms with Crippen molar-refractivity contribution in [3.05, 3.63) is 11.8 Å². The van der Waals surface area contributed by atoms with Gasteiger partial charge in [0.05, 0.1) is 12.6 Å². The summed E-state index contributed by atoms with van der Waals surface area (Å²) in [5.41, 5.74) is -0.208. The number of rotatable bonds is 2. The van der Waals surface area contributed by atoms with Crippen molar-refractivity contribution in [2.45, 2.75) is 24.4 Å². The van der Waals surface area contributed by atoms with E-state index in [0.29, 0.717) is 0 Å². The summed E-state index contributed by atoms with van der Waals surface area (Å²) in [5, 5.41) is 27.2. The van der Waals surface area contributed by atoms with Gasteiger partial charge in [-0.15, -0.1) is 0 Å². The van der Waals surface area contributed by atoms with E-state index in [2.05, 4.69) is 0 Å². The van der Waals surface area contributed by atoms with Crippen LogP contribution >= 0.6 is 0 Å². The number of hydrogen-bond donors (Lipinski definition) is 3. The van der Waals surface area contributed by atoms with Crippen LogP contribution in [0.4, 0.5) is 4.79 Å². The summed E-state index contributed by atoms with van der Waals surface area (Å²) in [7, 11) is 0. The van der Waals surface area contributed by atoms with Crippen molar-refractivity contribution in [1.29, 1.82) is 0 Å². The minimum Gasteiger partial charge on any atom is -0.477 e. The molecule has 102 valence electrons. The fraction of sp³-hybridized carbons (Fsp3) is 0.500. The average Bonchev–Trinajstić information content (AvgIpc) is 2.72. The molecule has 3 aliphatic rings. The number of carboxylic acid groups (broad SMARTS) is 2. The Bertz CT molecular complexity index is 516. The number of β-lactam (4-membered cyclic amide) rings is 1. The van der Waals surface area contributed by atoms with Gasteiger partial charge in [-0.3, -0.25) is 14.6 Å². The smallest absolute Gasteiger partial charge is 0.410 e. The minimum atomic E-state index is -1.39. The summed E-state index contributed by atoms with van der Waals surface area (Å²) in [6.07, 6.45) is -1.99. The maximum atomic E-state index is 11.9. The van der Waals surface area contributed by atoms with Gasteiger partial charge in [-0.05, 0) is 6.08 Å². The standard InChI is InChI=1S/C10H10N2O7/c13-2-5-12(10(17)18)7-6-4(19-5)1-3(9(15)16)11(6)8(7)14/h1,4-7,13H,2H2,(H,15,16)(H,17,18)/t4?,5-,6-,7+/m1/s1. The second kappa shape index (κ2) is 3.68. The lowest BCUT2D eigenvalue weighted by atomic mass is 9.90. The predicted octanol–water partition coefficient (Wildman–Crippen LogP) is -1.75. The molecule has 0 aromatic carbocycles. The van der Waals surface area contributed by atoms with E-state index < -0.39 is 49.0 Å². The van der Waals surface area contributed by atoms with Crippen molar-refractivity contribution in [2.24, 2.45) is 0 Å². The molecule has 9 heteroatoms. The van der Waals surface area contributed by atoms with Crippen LogP contribution in [0.25, 0.3) is 0 Å². The fourth-order valence-electron chi connectivity index (χ4n) is 2.81. The lowest BCUT2D eigenvalue weighted by molar-refractivity contribution is -0.210. The van der Waals surface area contributed by atoms with Crippen LogP contribution in [-0.4, -0.2) is 74.1 Å². The van der Waals surface area contributed by atoms with Crippen molar-refractivity contribution in [3.63, 3.8) is 0 Å². The van der Waals surface area contributed by atoms with E-state index in [1.807, 2.05) is 0 Å². The topological polar surface area (TPSA) is 128 Å². The maximum absolute atomic E-state index is 11.9. The molecule has 0 saturated carbocycles. The van der Waals surface area contributed by atoms with Crippen LogP contribution in [-0.2, 0) is 14.3 Å². The van der Waals surface area contributed by atoms with Gasteiger partial charge in [0.15, 0.2) is 6.23 Å². The van der Waals surface area contributed by atoms with Crippen LogP contribution in [0.5, 0.6) is 0 Å². The molecular formula is C10H10N2O7. The number of aliphatic carboxylic acids is 1. The largest absolute Gasteiger partial charge is 0.477 e. The van der Waals surface area contributed by atoms with Gasteiger partial charge in [0.25, 0.3) is 5.91 Å². The third-order valence-corrected chi connectivity index (χ3v) is 3.55. The summed E-state index contributed by atoms with van der Waals surface area (Å²) >= 11 is 0. The zero-order chi connectivity index (χ0) is 13.9. The van der Waals surface area contributed by atoms with Gasteiger partial charge >= 0.3 is 12.1 Å². The predicted molar refractivity (Wildman–Crippen MR) is 55.8 cm³/mol. The Morgan fingerprint density at radius 2 is 2.05 bits per heavy atom. The van der Waals surface area contributed by atoms with E-state index >= 15 is 0 Å². The summed E-state index contributed by atoms with van der Waals surface area (Å²) in [4.78, 5) is 35.8. The first-order valence-electron chi connectivity index (χ1n) is 5.53. The van der Waals surface area contributed by atoms with Crippen molar-refractivity contribution in [2.75, 3.05) is 6.61 Å². The molecule has 9 nitrogen and oxygen atoms in total. The maximum Gasteiger partial charge on any atom is 0.410 e. The molecule has 0 bridgehead atoms. The zero-order valence-corrected chi connectivity index (χ0v) is 9.46. The lowest BCUT2D eigenvalue weighted by Gasteiger charge is -2.54. The summed E-state index contributed by atoms with van der Waals surface area (Å²) < 4.78 is 5.32. The third kappa shape index (κ3) is 1.33. The Hall–Kier alpha value is -2.13. The Morgan fingerprint density at radius 3 is 2.58 bits per heavy atom. The van der Waals surface area contributed by atoms with Crippen LogP contribution < -0.4 is 0 Å². The molecule has 0 spiro atoms. The van der Waals surface area contributed by atoms with Crippen molar-refractivity contribution >= 4 is 18.0 Å². The third-order valence-electron chi connectivity index (χ3n) is 3.55.